The number of imidazole rings is 1. The van der Waals surface area contributed by atoms with Crippen LogP contribution in [0, 0.1) is 11.3 Å². The number of benzene rings is 1. The highest BCUT2D eigenvalue weighted by molar-refractivity contribution is 7.89. The summed E-state index contributed by atoms with van der Waals surface area (Å²) in [5.41, 5.74) is -3.05. The molecule has 7 rings (SSSR count). The van der Waals surface area contributed by atoms with Gasteiger partial charge in [0, 0.05) is 31.0 Å². The molecule has 3 aromatic rings. The smallest absolute Gasteiger partial charge is 0.361 e. The van der Waals surface area contributed by atoms with Crippen molar-refractivity contribution in [3.63, 3.8) is 0 Å². The van der Waals surface area contributed by atoms with Crippen LogP contribution in [0.3, 0.4) is 0 Å². The first-order valence-electron chi connectivity index (χ1n) is 11.0. The highest BCUT2D eigenvalue weighted by Crippen LogP contribution is 2.67. The van der Waals surface area contributed by atoms with Gasteiger partial charge in [0.1, 0.15) is 0 Å². The Morgan fingerprint density at radius 1 is 1.15 bits per heavy atom. The van der Waals surface area contributed by atoms with Crippen LogP contribution in [0.15, 0.2) is 43.1 Å². The van der Waals surface area contributed by atoms with Gasteiger partial charge in [-0.25, -0.2) is 13.4 Å². The highest BCUT2D eigenvalue weighted by Gasteiger charge is 2.63. The van der Waals surface area contributed by atoms with E-state index in [9.17, 15) is 21.6 Å². The molecule has 4 aliphatic rings. The zero-order valence-electron chi connectivity index (χ0n) is 18.0. The fourth-order valence-electron chi connectivity index (χ4n) is 5.72. The topological polar surface area (TPSA) is 100 Å². The lowest BCUT2D eigenvalue weighted by Gasteiger charge is -2.67. The van der Waals surface area contributed by atoms with Gasteiger partial charge in [0.15, 0.2) is 0 Å². The zero-order valence-corrected chi connectivity index (χ0v) is 18.8. The molecule has 13 heteroatoms. The number of nitrogens with zero attached hydrogens (tertiary/aromatic N) is 6. The molecule has 1 unspecified atom stereocenters. The van der Waals surface area contributed by atoms with Gasteiger partial charge in [-0.1, -0.05) is 0 Å². The second kappa shape index (κ2) is 7.28. The minimum atomic E-state index is -5.53. The van der Waals surface area contributed by atoms with Gasteiger partial charge < -0.3 is 9.88 Å². The molecule has 3 heterocycles. The van der Waals surface area contributed by atoms with E-state index < -0.39 is 21.6 Å². The maximum absolute atomic E-state index is 13.7. The average Bonchev–Trinajstić information content (AvgIpc) is 3.39. The van der Waals surface area contributed by atoms with Gasteiger partial charge in [-0.05, 0) is 54.4 Å². The Balaban J connectivity index is 1.49. The van der Waals surface area contributed by atoms with Crippen molar-refractivity contribution in [2.45, 2.75) is 43.9 Å². The molecule has 1 atom stereocenters. The summed E-state index contributed by atoms with van der Waals surface area (Å²) in [5.74, 6) is 0.581. The van der Waals surface area contributed by atoms with Crippen LogP contribution in [0.4, 0.5) is 18.9 Å². The van der Waals surface area contributed by atoms with E-state index in [0.717, 1.165) is 25.0 Å². The summed E-state index contributed by atoms with van der Waals surface area (Å²) in [4.78, 5) is 10.6. The van der Waals surface area contributed by atoms with Crippen molar-refractivity contribution in [3.8, 4) is 5.69 Å². The second-order valence-corrected chi connectivity index (χ2v) is 11.4. The lowest BCUT2D eigenvalue weighted by Crippen LogP contribution is -2.66. The van der Waals surface area contributed by atoms with E-state index in [4.69, 9.17) is 0 Å². The Morgan fingerprint density at radius 3 is 2.47 bits per heavy atom. The van der Waals surface area contributed by atoms with Crippen molar-refractivity contribution in [2.75, 3.05) is 11.4 Å². The fraction of sp³-hybridized carbons (Fsp3) is 0.476. The predicted octanol–water partition coefficient (Wildman–Crippen LogP) is 2.83. The van der Waals surface area contributed by atoms with Gasteiger partial charge in [-0.2, -0.15) is 32.5 Å². The normalized spacial score (nSPS) is 27.0. The van der Waals surface area contributed by atoms with E-state index in [1.54, 1.807) is 24.7 Å². The van der Waals surface area contributed by atoms with Crippen LogP contribution in [-0.2, 0) is 23.1 Å². The van der Waals surface area contributed by atoms with Crippen LogP contribution < -0.4 is 4.90 Å². The van der Waals surface area contributed by atoms with E-state index in [2.05, 4.69) is 25.1 Å². The third-order valence-corrected chi connectivity index (χ3v) is 8.99. The number of aromatic nitrogens is 5. The van der Waals surface area contributed by atoms with E-state index in [1.807, 2.05) is 6.07 Å². The van der Waals surface area contributed by atoms with Crippen molar-refractivity contribution >= 4 is 15.7 Å². The number of nitrogens with one attached hydrogen (secondary N) is 1. The molecule has 180 valence electrons. The van der Waals surface area contributed by atoms with E-state index >= 15 is 0 Å². The third-order valence-electron chi connectivity index (χ3n) is 7.44. The van der Waals surface area contributed by atoms with Crippen molar-refractivity contribution < 1.29 is 21.6 Å². The lowest BCUT2D eigenvalue weighted by atomic mass is 9.41. The SMILES string of the molecule is O=S(=O)(N1Cc2cc(-n3nccn3)ccc2N(Cc2cnc[nH]2)C(C23CC(C2)C3)C1)C(F)(F)F. The molecule has 1 aliphatic heterocycles. The first-order chi connectivity index (χ1) is 16.2. The number of rotatable bonds is 5. The van der Waals surface area contributed by atoms with Gasteiger partial charge in [-0.15, -0.1) is 0 Å². The van der Waals surface area contributed by atoms with E-state index in [-0.39, 0.29) is 18.5 Å². The molecule has 3 saturated carbocycles. The maximum atomic E-state index is 13.7. The molecule has 0 radical (unpaired) electrons. The van der Waals surface area contributed by atoms with Gasteiger partial charge in [0.25, 0.3) is 0 Å². The molecule has 0 amide bonds. The Morgan fingerprint density at radius 2 is 1.88 bits per heavy atom. The first-order valence-corrected chi connectivity index (χ1v) is 12.4. The van der Waals surface area contributed by atoms with Gasteiger partial charge in [0.05, 0.1) is 36.6 Å². The zero-order chi connectivity index (χ0) is 23.7. The minimum absolute atomic E-state index is 0.187. The quantitative estimate of drug-likeness (QED) is 0.587. The largest absolute Gasteiger partial charge is 0.511 e. The average molecular weight is 494 g/mol. The van der Waals surface area contributed by atoms with Crippen molar-refractivity contribution in [1.29, 1.82) is 0 Å². The van der Waals surface area contributed by atoms with E-state index in [1.165, 1.54) is 17.2 Å². The van der Waals surface area contributed by atoms with E-state index in [0.29, 0.717) is 33.7 Å². The lowest BCUT2D eigenvalue weighted by molar-refractivity contribution is -0.129. The number of hydrogen-bond donors (Lipinski definition) is 1. The summed E-state index contributed by atoms with van der Waals surface area (Å²) in [7, 11) is -5.53. The molecule has 0 spiro atoms. The predicted molar refractivity (Wildman–Crippen MR) is 115 cm³/mol. The number of sulfonamides is 1. The Kier molecular flexibility index (Phi) is 4.63. The number of halogens is 3. The molecule has 2 bridgehead atoms. The molecule has 2 aromatic heterocycles. The highest BCUT2D eigenvalue weighted by atomic mass is 32.2. The van der Waals surface area contributed by atoms with Gasteiger partial charge in [-0.3, -0.25) is 0 Å². The maximum Gasteiger partial charge on any atom is 0.511 e. The molecule has 0 saturated heterocycles. The van der Waals surface area contributed by atoms with Crippen LogP contribution in [0.2, 0.25) is 0 Å². The molecule has 1 aromatic carbocycles. The van der Waals surface area contributed by atoms with Crippen molar-refractivity contribution in [2.24, 2.45) is 11.3 Å². The molecule has 34 heavy (non-hydrogen) atoms. The number of fused-ring (bicyclic) bond motifs is 1. The molecule has 3 aliphatic carbocycles. The summed E-state index contributed by atoms with van der Waals surface area (Å²) in [6, 6.07) is 4.89. The Bertz CT molecular complexity index is 1290. The number of anilines is 1. The minimum Gasteiger partial charge on any atom is -0.361 e. The monoisotopic (exact) mass is 493 g/mol. The number of aromatic amines is 1. The third kappa shape index (κ3) is 3.24. The van der Waals surface area contributed by atoms with Crippen molar-refractivity contribution in [3.05, 3.63) is 54.4 Å². The molecule has 9 nitrogen and oxygen atoms in total. The van der Waals surface area contributed by atoms with Gasteiger partial charge >= 0.3 is 15.5 Å². The summed E-state index contributed by atoms with van der Waals surface area (Å²) in [6.07, 6.45) is 8.93. The summed E-state index contributed by atoms with van der Waals surface area (Å²) in [6.45, 7) is -0.238. The molecular formula is C21H22F3N7O2S. The number of hydrogen-bond acceptors (Lipinski definition) is 6. The van der Waals surface area contributed by atoms with Gasteiger partial charge in [0.2, 0.25) is 0 Å². The van der Waals surface area contributed by atoms with Crippen LogP contribution >= 0.6 is 0 Å². The number of H-pyrrole nitrogens is 1. The second-order valence-electron chi connectivity index (χ2n) is 9.44. The molecule has 3 fully saturated rings. The molecule has 1 N–H and O–H groups in total. The standard InChI is InChI=1S/C21H22F3N7O2S/c22-21(23,24)34(32,33)29-10-15-5-17(31-27-3-4-28-31)1-2-18(15)30(11-16-9-25-13-26-16)19(12-29)20-6-14(7-20)8-20/h1-5,9,13-14,19H,6-8,10-12H2,(H,25,26). The van der Waals surface area contributed by atoms with Crippen LogP contribution in [0.25, 0.3) is 5.69 Å². The summed E-state index contributed by atoms with van der Waals surface area (Å²) in [5, 5.41) is 8.19. The van der Waals surface area contributed by atoms with Crippen LogP contribution in [0.1, 0.15) is 30.5 Å². The summed E-state index contributed by atoms with van der Waals surface area (Å²) >= 11 is 0. The Hall–Kier alpha value is -2.93. The fourth-order valence-corrected chi connectivity index (χ4v) is 6.66. The first kappa shape index (κ1) is 21.6. The summed E-state index contributed by atoms with van der Waals surface area (Å²) < 4.78 is 66.9. The van der Waals surface area contributed by atoms with Crippen LogP contribution in [-0.4, -0.2) is 55.8 Å². The van der Waals surface area contributed by atoms with Crippen molar-refractivity contribution in [1.82, 2.24) is 29.3 Å². The van der Waals surface area contributed by atoms with Crippen LogP contribution in [0.5, 0.6) is 0 Å². The number of alkyl halides is 3. The Labute approximate surface area is 193 Å². The molecular weight excluding hydrogens is 471 g/mol.